The van der Waals surface area contributed by atoms with E-state index in [1.54, 1.807) is 0 Å². The summed E-state index contributed by atoms with van der Waals surface area (Å²) in [6.45, 7) is 10.00. The SMILES string of the molecule is CCCCCCCCC/C=C/CC([Si](C)(C)C)P(Br)(c1ccccc1)(c1ccccc1)c1ccccc1. The molecule has 0 aliphatic heterocycles. The molecule has 200 valence electrons. The summed E-state index contributed by atoms with van der Waals surface area (Å²) in [7, 11) is -1.68. The molecule has 0 N–H and O–H groups in total. The van der Waals surface area contributed by atoms with Gasteiger partial charge in [-0.05, 0) is 0 Å². The van der Waals surface area contributed by atoms with Crippen LogP contribution in [0.1, 0.15) is 64.7 Å². The van der Waals surface area contributed by atoms with Gasteiger partial charge in [0.25, 0.3) is 0 Å². The third kappa shape index (κ3) is 6.94. The van der Waals surface area contributed by atoms with Crippen LogP contribution in [0.15, 0.2) is 103 Å². The number of hydrogen-bond acceptors (Lipinski definition) is 0. The van der Waals surface area contributed by atoms with E-state index in [1.165, 1.54) is 67.3 Å². The molecular formula is C34H48BrPSi. The van der Waals surface area contributed by atoms with Gasteiger partial charge in [0.2, 0.25) is 0 Å². The molecule has 0 radical (unpaired) electrons. The molecule has 1 unspecified atom stereocenters. The number of rotatable bonds is 15. The maximum atomic E-state index is 4.78. The van der Waals surface area contributed by atoms with Crippen molar-refractivity contribution >= 4 is 44.8 Å². The van der Waals surface area contributed by atoms with E-state index < -0.39 is 13.4 Å². The Labute approximate surface area is 236 Å². The molecule has 0 aliphatic carbocycles. The summed E-state index contributed by atoms with van der Waals surface area (Å²) >= 11 is 4.78. The summed E-state index contributed by atoms with van der Waals surface area (Å²) in [5.41, 5.74) is 0. The summed E-state index contributed by atoms with van der Waals surface area (Å²) in [6, 6.07) is 34.1. The van der Waals surface area contributed by atoms with Crippen molar-refractivity contribution in [3.05, 3.63) is 103 Å². The van der Waals surface area contributed by atoms with Crippen LogP contribution < -0.4 is 15.9 Å². The van der Waals surface area contributed by atoms with Gasteiger partial charge >= 0.3 is 231 Å². The van der Waals surface area contributed by atoms with Crippen LogP contribution in [0.25, 0.3) is 0 Å². The van der Waals surface area contributed by atoms with Gasteiger partial charge < -0.3 is 0 Å². The van der Waals surface area contributed by atoms with E-state index >= 15 is 0 Å². The molecule has 0 fully saturated rings. The van der Waals surface area contributed by atoms with Gasteiger partial charge in [-0.1, -0.05) is 6.92 Å². The molecule has 1 atom stereocenters. The monoisotopic (exact) mass is 594 g/mol. The van der Waals surface area contributed by atoms with Crippen molar-refractivity contribution in [2.75, 3.05) is 0 Å². The third-order valence-electron chi connectivity index (χ3n) is 7.87. The molecule has 3 aromatic carbocycles. The van der Waals surface area contributed by atoms with Crippen molar-refractivity contribution in [2.45, 2.75) is 89.6 Å². The molecule has 0 aromatic heterocycles. The van der Waals surface area contributed by atoms with Gasteiger partial charge in [0.05, 0.1) is 0 Å². The minimum atomic E-state index is -2.99. The summed E-state index contributed by atoms with van der Waals surface area (Å²) in [5.74, 6) is 0. The summed E-state index contributed by atoms with van der Waals surface area (Å²) in [5, 5.41) is 1.87. The number of halogens is 1. The molecule has 37 heavy (non-hydrogen) atoms. The molecule has 0 nitrogen and oxygen atoms in total. The Morgan fingerprint density at radius 2 is 1.03 bits per heavy atom. The molecular weight excluding hydrogens is 547 g/mol. The molecule has 3 aromatic rings. The van der Waals surface area contributed by atoms with Crippen molar-refractivity contribution in [2.24, 2.45) is 0 Å². The molecule has 3 rings (SSSR count). The van der Waals surface area contributed by atoms with Crippen LogP contribution in [0.2, 0.25) is 19.6 Å². The van der Waals surface area contributed by atoms with Gasteiger partial charge in [-0.25, -0.2) is 0 Å². The van der Waals surface area contributed by atoms with Crippen LogP contribution in [-0.2, 0) is 0 Å². The zero-order valence-corrected chi connectivity index (χ0v) is 27.1. The average molecular weight is 596 g/mol. The van der Waals surface area contributed by atoms with Gasteiger partial charge in [-0.15, -0.1) is 0 Å². The van der Waals surface area contributed by atoms with Crippen molar-refractivity contribution in [3.8, 4) is 0 Å². The average Bonchev–Trinajstić information content (AvgIpc) is 2.92. The Hall–Kier alpha value is -1.47. The molecule has 3 heteroatoms. The first kappa shape index (κ1) is 30.1. The standard InChI is InChI=1S/C34H48BrPSi/c1-5-6-7-8-9-10-11-12-13-23-30-34(37(2,3)4)36(35,31-24-17-14-18-25-31,32-26-19-15-20-27-32)33-28-21-16-22-29-33/h13-29,34H,5-12,30H2,1-4H3/b23-13+. The van der Waals surface area contributed by atoms with Gasteiger partial charge in [-0.3, -0.25) is 0 Å². The van der Waals surface area contributed by atoms with E-state index in [0.29, 0.717) is 5.28 Å². The van der Waals surface area contributed by atoms with Crippen molar-refractivity contribution < 1.29 is 0 Å². The van der Waals surface area contributed by atoms with E-state index in [1.807, 2.05) is 0 Å². The van der Waals surface area contributed by atoms with Crippen molar-refractivity contribution in [3.63, 3.8) is 0 Å². The first-order valence-electron chi connectivity index (χ1n) is 14.4. The zero-order chi connectivity index (χ0) is 26.6. The Kier molecular flexibility index (Phi) is 11.4. The fourth-order valence-electron chi connectivity index (χ4n) is 5.99. The second-order valence-corrected chi connectivity index (χ2v) is 26.2. The van der Waals surface area contributed by atoms with E-state index in [0.717, 1.165) is 6.42 Å². The first-order chi connectivity index (χ1) is 17.8. The van der Waals surface area contributed by atoms with Crippen LogP contribution in [0.3, 0.4) is 0 Å². The summed E-state index contributed by atoms with van der Waals surface area (Å²) in [4.78, 5) is 0. The van der Waals surface area contributed by atoms with E-state index in [4.69, 9.17) is 15.5 Å². The normalized spacial score (nSPS) is 14.4. The van der Waals surface area contributed by atoms with Gasteiger partial charge in [-0.2, -0.15) is 0 Å². The predicted molar refractivity (Wildman–Crippen MR) is 178 cm³/mol. The Morgan fingerprint density at radius 1 is 0.622 bits per heavy atom. The van der Waals surface area contributed by atoms with Gasteiger partial charge in [0.1, 0.15) is 0 Å². The number of hydrogen-bond donors (Lipinski definition) is 0. The molecule has 0 saturated carbocycles. The number of unbranched alkanes of at least 4 members (excludes halogenated alkanes) is 7. The van der Waals surface area contributed by atoms with Crippen LogP contribution >= 0.6 is 20.8 Å². The molecule has 0 bridgehead atoms. The van der Waals surface area contributed by atoms with Crippen LogP contribution in [0, 0.1) is 0 Å². The predicted octanol–water partition coefficient (Wildman–Crippen LogP) is 10.2. The van der Waals surface area contributed by atoms with Crippen LogP contribution in [-0.4, -0.2) is 13.4 Å². The molecule has 0 heterocycles. The fraction of sp³-hybridized carbons (Fsp3) is 0.412. The fourth-order valence-corrected chi connectivity index (χ4v) is 26.9. The van der Waals surface area contributed by atoms with E-state index in [9.17, 15) is 0 Å². The Morgan fingerprint density at radius 3 is 1.43 bits per heavy atom. The quantitative estimate of drug-likeness (QED) is 0.0710. The molecule has 0 spiro atoms. The molecule has 0 saturated heterocycles. The van der Waals surface area contributed by atoms with E-state index in [-0.39, 0.29) is 0 Å². The van der Waals surface area contributed by atoms with Crippen LogP contribution in [0.4, 0.5) is 0 Å². The molecule has 0 amide bonds. The van der Waals surface area contributed by atoms with Gasteiger partial charge in [0.15, 0.2) is 0 Å². The van der Waals surface area contributed by atoms with Gasteiger partial charge in [0, 0.05) is 0 Å². The summed E-state index contributed by atoms with van der Waals surface area (Å²) in [6.07, 6.45) is 16.9. The Bertz CT molecular complexity index is 974. The number of allylic oxidation sites excluding steroid dienone is 2. The van der Waals surface area contributed by atoms with Crippen molar-refractivity contribution in [1.29, 1.82) is 0 Å². The second kappa shape index (κ2) is 14.1. The minimum absolute atomic E-state index is 0.524. The maximum absolute atomic E-state index is 4.78. The van der Waals surface area contributed by atoms with Crippen molar-refractivity contribution in [1.82, 2.24) is 0 Å². The second-order valence-electron chi connectivity index (χ2n) is 11.6. The zero-order valence-electron chi connectivity index (χ0n) is 23.6. The summed E-state index contributed by atoms with van der Waals surface area (Å²) < 4.78 is 0. The van der Waals surface area contributed by atoms with Crippen LogP contribution in [0.5, 0.6) is 0 Å². The molecule has 0 aliphatic rings. The third-order valence-corrected chi connectivity index (χ3v) is 25.6. The first-order valence-corrected chi connectivity index (χ1v) is 22.3. The number of benzene rings is 3. The topological polar surface area (TPSA) is 0 Å². The Balaban J connectivity index is 2.01. The van der Waals surface area contributed by atoms with E-state index in [2.05, 4.69) is 130 Å².